The number of hydrogen-bond donors (Lipinski definition) is 1. The molecule has 2 aromatic rings. The first-order chi connectivity index (χ1) is 12.6. The Morgan fingerprint density at radius 2 is 1.88 bits per heavy atom. The minimum Gasteiger partial charge on any atom is -0.466 e. The molecule has 1 aromatic carbocycles. The maximum atomic E-state index is 12.4. The zero-order valence-electron chi connectivity index (χ0n) is 15.4. The van der Waals surface area contributed by atoms with Crippen molar-refractivity contribution in [3.63, 3.8) is 0 Å². The largest absolute Gasteiger partial charge is 0.466 e. The number of pyridine rings is 1. The molecular formula is C21H26N2O3. The van der Waals surface area contributed by atoms with Crippen molar-refractivity contribution >= 4 is 17.6 Å². The Bertz CT molecular complexity index is 699. The molecule has 1 N–H and O–H groups in total. The van der Waals surface area contributed by atoms with Gasteiger partial charge in [-0.2, -0.15) is 0 Å². The standard InChI is InChI=1S/C21H26N2O3/c1-3-26-21(25)18(13-16-7-5-4-6-8-16)14-19(24)11-9-17-10-12-20(22-2)23-15-17/h4-8,10,12,15,18H,3,9,11,13-14H2,1-2H3,(H,22,23)/t18-/m1/s1. The van der Waals surface area contributed by atoms with Gasteiger partial charge in [0.25, 0.3) is 0 Å². The molecule has 0 aliphatic rings. The molecule has 5 nitrogen and oxygen atoms in total. The number of benzene rings is 1. The topological polar surface area (TPSA) is 68.3 Å². The molecule has 1 aromatic heterocycles. The van der Waals surface area contributed by atoms with Crippen LogP contribution in [0.15, 0.2) is 48.7 Å². The lowest BCUT2D eigenvalue weighted by Gasteiger charge is -2.15. The highest BCUT2D eigenvalue weighted by Gasteiger charge is 2.23. The highest BCUT2D eigenvalue weighted by Crippen LogP contribution is 2.17. The van der Waals surface area contributed by atoms with E-state index in [1.165, 1.54) is 0 Å². The maximum absolute atomic E-state index is 12.4. The van der Waals surface area contributed by atoms with Crippen LogP contribution in [0.25, 0.3) is 0 Å². The van der Waals surface area contributed by atoms with Gasteiger partial charge in [0.2, 0.25) is 0 Å². The smallest absolute Gasteiger partial charge is 0.309 e. The molecule has 0 radical (unpaired) electrons. The molecule has 0 spiro atoms. The van der Waals surface area contributed by atoms with Gasteiger partial charge in [-0.15, -0.1) is 0 Å². The van der Waals surface area contributed by atoms with E-state index in [9.17, 15) is 9.59 Å². The van der Waals surface area contributed by atoms with E-state index >= 15 is 0 Å². The van der Waals surface area contributed by atoms with Crippen LogP contribution >= 0.6 is 0 Å². The number of esters is 1. The van der Waals surface area contributed by atoms with E-state index < -0.39 is 5.92 Å². The number of aromatic nitrogens is 1. The van der Waals surface area contributed by atoms with Crippen LogP contribution in [0.4, 0.5) is 5.82 Å². The highest BCUT2D eigenvalue weighted by molar-refractivity contribution is 5.84. The molecule has 2 rings (SSSR count). The SMILES string of the molecule is CCOC(=O)[C@@H](CC(=O)CCc1ccc(NC)nc1)Cc1ccccc1. The second-order valence-electron chi connectivity index (χ2n) is 6.18. The molecule has 26 heavy (non-hydrogen) atoms. The molecule has 5 heteroatoms. The van der Waals surface area contributed by atoms with E-state index in [2.05, 4.69) is 10.3 Å². The summed E-state index contributed by atoms with van der Waals surface area (Å²) in [5, 5.41) is 2.96. The molecule has 138 valence electrons. The number of hydrogen-bond acceptors (Lipinski definition) is 5. The zero-order chi connectivity index (χ0) is 18.8. The van der Waals surface area contributed by atoms with Gasteiger partial charge in [-0.25, -0.2) is 4.98 Å². The second kappa shape index (κ2) is 10.3. The Kier molecular flexibility index (Phi) is 7.80. The number of nitrogens with zero attached hydrogens (tertiary/aromatic N) is 1. The molecule has 0 fully saturated rings. The molecular weight excluding hydrogens is 328 g/mol. The summed E-state index contributed by atoms with van der Waals surface area (Å²) in [6.45, 7) is 2.10. The average molecular weight is 354 g/mol. The number of ether oxygens (including phenoxy) is 1. The van der Waals surface area contributed by atoms with Gasteiger partial charge in [0, 0.05) is 26.1 Å². The van der Waals surface area contributed by atoms with E-state index in [4.69, 9.17) is 4.74 Å². The number of rotatable bonds is 10. The van der Waals surface area contributed by atoms with Gasteiger partial charge in [-0.3, -0.25) is 9.59 Å². The Balaban J connectivity index is 1.92. The predicted molar refractivity (Wildman–Crippen MR) is 102 cm³/mol. The van der Waals surface area contributed by atoms with Gasteiger partial charge in [0.15, 0.2) is 0 Å². The predicted octanol–water partition coefficient (Wildman–Crippen LogP) is 3.44. The molecule has 0 amide bonds. The molecule has 0 saturated heterocycles. The van der Waals surface area contributed by atoms with E-state index in [0.717, 1.165) is 16.9 Å². The Morgan fingerprint density at radius 1 is 1.12 bits per heavy atom. The monoisotopic (exact) mass is 354 g/mol. The van der Waals surface area contributed by atoms with Gasteiger partial charge in [-0.1, -0.05) is 36.4 Å². The van der Waals surface area contributed by atoms with Gasteiger partial charge in [0.1, 0.15) is 11.6 Å². The summed E-state index contributed by atoms with van der Waals surface area (Å²) in [5.41, 5.74) is 2.04. The first kappa shape index (κ1) is 19.6. The summed E-state index contributed by atoms with van der Waals surface area (Å²) in [5.74, 6) is 0.126. The van der Waals surface area contributed by atoms with Gasteiger partial charge in [0.05, 0.1) is 12.5 Å². The molecule has 0 bridgehead atoms. The highest BCUT2D eigenvalue weighted by atomic mass is 16.5. The number of carbonyl (C=O) groups excluding carboxylic acids is 2. The maximum Gasteiger partial charge on any atom is 0.309 e. The third kappa shape index (κ3) is 6.31. The van der Waals surface area contributed by atoms with Crippen LogP contribution in [-0.4, -0.2) is 30.4 Å². The quantitative estimate of drug-likeness (QED) is 0.662. The van der Waals surface area contributed by atoms with Crippen LogP contribution < -0.4 is 5.32 Å². The molecule has 0 unspecified atom stereocenters. The van der Waals surface area contributed by atoms with Crippen molar-refractivity contribution in [1.29, 1.82) is 0 Å². The van der Waals surface area contributed by atoms with E-state index in [0.29, 0.717) is 25.9 Å². The Hall–Kier alpha value is -2.69. The van der Waals surface area contributed by atoms with Crippen molar-refractivity contribution in [2.24, 2.45) is 5.92 Å². The average Bonchev–Trinajstić information content (AvgIpc) is 2.67. The van der Waals surface area contributed by atoms with E-state index in [-0.39, 0.29) is 18.2 Å². The fourth-order valence-electron chi connectivity index (χ4n) is 2.78. The van der Waals surface area contributed by atoms with Crippen molar-refractivity contribution in [3.05, 3.63) is 59.8 Å². The van der Waals surface area contributed by atoms with Crippen molar-refractivity contribution in [2.75, 3.05) is 19.0 Å². The fourth-order valence-corrected chi connectivity index (χ4v) is 2.78. The lowest BCUT2D eigenvalue weighted by molar-refractivity contribution is -0.149. The van der Waals surface area contributed by atoms with Crippen molar-refractivity contribution in [1.82, 2.24) is 4.98 Å². The summed E-state index contributed by atoms with van der Waals surface area (Å²) in [6, 6.07) is 13.6. The number of Topliss-reactive ketones (excluding diaryl/α,β-unsaturated/α-hetero) is 1. The van der Waals surface area contributed by atoms with Gasteiger partial charge >= 0.3 is 5.97 Å². The zero-order valence-corrected chi connectivity index (χ0v) is 15.4. The molecule has 0 aliphatic carbocycles. The van der Waals surface area contributed by atoms with E-state index in [1.807, 2.05) is 49.5 Å². The molecule has 1 atom stereocenters. The van der Waals surface area contributed by atoms with Crippen LogP contribution in [0, 0.1) is 5.92 Å². The summed E-state index contributed by atoms with van der Waals surface area (Å²) in [6.07, 6.45) is 3.51. The normalized spacial score (nSPS) is 11.6. The van der Waals surface area contributed by atoms with Crippen LogP contribution in [-0.2, 0) is 27.2 Å². The van der Waals surface area contributed by atoms with Crippen LogP contribution in [0.5, 0.6) is 0 Å². The number of nitrogens with one attached hydrogen (secondary N) is 1. The van der Waals surface area contributed by atoms with Crippen LogP contribution in [0.3, 0.4) is 0 Å². The lowest BCUT2D eigenvalue weighted by atomic mass is 9.92. The fraction of sp³-hybridized carbons (Fsp3) is 0.381. The summed E-state index contributed by atoms with van der Waals surface area (Å²) in [7, 11) is 1.81. The minimum absolute atomic E-state index is 0.0664. The number of anilines is 1. The van der Waals surface area contributed by atoms with Crippen LogP contribution in [0.1, 0.15) is 30.9 Å². The Morgan fingerprint density at radius 3 is 2.50 bits per heavy atom. The first-order valence-electron chi connectivity index (χ1n) is 8.97. The van der Waals surface area contributed by atoms with Crippen molar-refractivity contribution < 1.29 is 14.3 Å². The number of ketones is 1. The summed E-state index contributed by atoms with van der Waals surface area (Å²) < 4.78 is 5.16. The molecule has 0 saturated carbocycles. The van der Waals surface area contributed by atoms with Crippen molar-refractivity contribution in [2.45, 2.75) is 32.6 Å². The van der Waals surface area contributed by atoms with E-state index in [1.54, 1.807) is 13.1 Å². The molecule has 1 heterocycles. The second-order valence-corrected chi connectivity index (χ2v) is 6.18. The third-order valence-electron chi connectivity index (χ3n) is 4.19. The Labute approximate surface area is 154 Å². The number of carbonyl (C=O) groups is 2. The van der Waals surface area contributed by atoms with Gasteiger partial charge in [-0.05, 0) is 37.0 Å². The number of aryl methyl sites for hydroxylation is 1. The lowest BCUT2D eigenvalue weighted by Crippen LogP contribution is -2.23. The molecule has 0 aliphatic heterocycles. The summed E-state index contributed by atoms with van der Waals surface area (Å²) >= 11 is 0. The van der Waals surface area contributed by atoms with Gasteiger partial charge < -0.3 is 10.1 Å². The van der Waals surface area contributed by atoms with Crippen LogP contribution in [0.2, 0.25) is 0 Å². The minimum atomic E-state index is -0.436. The third-order valence-corrected chi connectivity index (χ3v) is 4.19. The first-order valence-corrected chi connectivity index (χ1v) is 8.97. The summed E-state index contributed by atoms with van der Waals surface area (Å²) in [4.78, 5) is 28.9. The van der Waals surface area contributed by atoms with Crippen molar-refractivity contribution in [3.8, 4) is 0 Å².